The van der Waals surface area contributed by atoms with Gasteiger partial charge in [-0.15, -0.1) is 11.3 Å². The fourth-order valence-electron chi connectivity index (χ4n) is 2.64. The molecule has 0 aliphatic heterocycles. The van der Waals surface area contributed by atoms with E-state index in [4.69, 9.17) is 9.47 Å². The summed E-state index contributed by atoms with van der Waals surface area (Å²) in [6.07, 6.45) is 1.53. The van der Waals surface area contributed by atoms with E-state index in [0.717, 1.165) is 5.56 Å². The molecule has 2 aromatic heterocycles. The lowest BCUT2D eigenvalue weighted by molar-refractivity contribution is 0.0393. The number of fused-ring (bicyclic) bond motifs is 1. The molecule has 0 aliphatic rings. The average Bonchev–Trinajstić information content (AvgIpc) is 2.97. The molecule has 6 nitrogen and oxygen atoms in total. The number of thiophene rings is 1. The third-order valence-electron chi connectivity index (χ3n) is 4.10. The monoisotopic (exact) mass is 372 g/mol. The minimum atomic E-state index is -0.452. The van der Waals surface area contributed by atoms with Gasteiger partial charge in [-0.05, 0) is 25.0 Å². The van der Waals surface area contributed by atoms with Gasteiger partial charge in [0, 0.05) is 7.11 Å². The molecule has 7 heteroatoms. The highest BCUT2D eigenvalue weighted by molar-refractivity contribution is 7.20. The fraction of sp³-hybridized carbons (Fsp3) is 0.316. The number of nitrogens with zero attached hydrogens (tertiary/aromatic N) is 2. The number of aromatic nitrogens is 2. The van der Waals surface area contributed by atoms with Gasteiger partial charge in [0.25, 0.3) is 5.56 Å². The Morgan fingerprint density at radius 2 is 1.92 bits per heavy atom. The largest absolute Gasteiger partial charge is 0.459 e. The Hall–Kier alpha value is -2.51. The number of carbonyl (C=O) groups excluding carboxylic acids is 1. The number of hydrogen-bond donors (Lipinski definition) is 0. The Labute approximate surface area is 155 Å². The molecule has 3 rings (SSSR count). The minimum absolute atomic E-state index is 0.153. The van der Waals surface area contributed by atoms with Crippen LogP contribution in [0, 0.1) is 13.8 Å². The molecule has 0 spiro atoms. The lowest BCUT2D eigenvalue weighted by Crippen LogP contribution is -2.21. The molecule has 2 heterocycles. The van der Waals surface area contributed by atoms with Crippen molar-refractivity contribution in [2.24, 2.45) is 0 Å². The van der Waals surface area contributed by atoms with Crippen molar-refractivity contribution in [1.82, 2.24) is 9.55 Å². The topological polar surface area (TPSA) is 70.4 Å². The minimum Gasteiger partial charge on any atom is -0.459 e. The van der Waals surface area contributed by atoms with Crippen molar-refractivity contribution >= 4 is 27.5 Å². The molecule has 0 atom stereocenters. The zero-order chi connectivity index (χ0) is 18.7. The van der Waals surface area contributed by atoms with Gasteiger partial charge < -0.3 is 9.47 Å². The van der Waals surface area contributed by atoms with Crippen molar-refractivity contribution in [2.45, 2.75) is 20.4 Å². The van der Waals surface area contributed by atoms with E-state index in [9.17, 15) is 9.59 Å². The molecule has 0 saturated heterocycles. The van der Waals surface area contributed by atoms with E-state index in [2.05, 4.69) is 4.98 Å². The van der Waals surface area contributed by atoms with Crippen LogP contribution in [-0.4, -0.2) is 35.8 Å². The summed E-state index contributed by atoms with van der Waals surface area (Å²) < 4.78 is 11.6. The first-order valence-electron chi connectivity index (χ1n) is 8.21. The Morgan fingerprint density at radius 3 is 2.62 bits per heavy atom. The lowest BCUT2D eigenvalue weighted by atomic mass is 10.1. The second-order valence-corrected chi connectivity index (χ2v) is 7.03. The van der Waals surface area contributed by atoms with E-state index in [1.54, 1.807) is 18.6 Å². The molecule has 0 unspecified atom stereocenters. The van der Waals surface area contributed by atoms with Crippen LogP contribution in [0.3, 0.4) is 0 Å². The molecule has 0 saturated carbocycles. The van der Waals surface area contributed by atoms with Crippen LogP contribution in [0.4, 0.5) is 0 Å². The Morgan fingerprint density at radius 1 is 1.19 bits per heavy atom. The summed E-state index contributed by atoms with van der Waals surface area (Å²) in [5.74, 6) is -0.452. The molecule has 136 valence electrons. The SMILES string of the molecule is COCCOC(=O)c1sc2ncn(Cc3ccc(C)cc3)c(=O)c2c1C. The highest BCUT2D eigenvalue weighted by Crippen LogP contribution is 2.27. The summed E-state index contributed by atoms with van der Waals surface area (Å²) in [5.41, 5.74) is 2.65. The van der Waals surface area contributed by atoms with Gasteiger partial charge in [-0.25, -0.2) is 9.78 Å². The highest BCUT2D eigenvalue weighted by Gasteiger charge is 2.20. The van der Waals surface area contributed by atoms with Crippen molar-refractivity contribution in [3.8, 4) is 0 Å². The third-order valence-corrected chi connectivity index (χ3v) is 5.28. The number of carbonyl (C=O) groups is 1. The second-order valence-electron chi connectivity index (χ2n) is 6.03. The van der Waals surface area contributed by atoms with Crippen LogP contribution >= 0.6 is 11.3 Å². The van der Waals surface area contributed by atoms with Crippen LogP contribution in [0.1, 0.15) is 26.4 Å². The van der Waals surface area contributed by atoms with Gasteiger partial charge in [0.15, 0.2) is 0 Å². The van der Waals surface area contributed by atoms with E-state index in [1.807, 2.05) is 31.2 Å². The van der Waals surface area contributed by atoms with Crippen molar-refractivity contribution in [1.29, 1.82) is 0 Å². The van der Waals surface area contributed by atoms with E-state index in [-0.39, 0.29) is 12.2 Å². The molecular formula is C19H20N2O4S. The summed E-state index contributed by atoms with van der Waals surface area (Å²) in [6.45, 7) is 4.72. The molecular weight excluding hydrogens is 352 g/mol. The molecule has 0 fully saturated rings. The van der Waals surface area contributed by atoms with Crippen LogP contribution in [0.15, 0.2) is 35.4 Å². The van der Waals surface area contributed by atoms with Crippen LogP contribution < -0.4 is 5.56 Å². The quantitative estimate of drug-likeness (QED) is 0.491. The Kier molecular flexibility index (Phi) is 5.49. The van der Waals surface area contributed by atoms with Crippen molar-refractivity contribution < 1.29 is 14.3 Å². The van der Waals surface area contributed by atoms with Crippen molar-refractivity contribution in [3.05, 3.63) is 62.5 Å². The van der Waals surface area contributed by atoms with E-state index < -0.39 is 5.97 Å². The van der Waals surface area contributed by atoms with Crippen LogP contribution in [0.5, 0.6) is 0 Å². The van der Waals surface area contributed by atoms with Gasteiger partial charge in [0.1, 0.15) is 16.3 Å². The predicted octanol–water partition coefficient (Wildman–Crippen LogP) is 2.93. The number of ether oxygens (including phenoxy) is 2. The van der Waals surface area contributed by atoms with Gasteiger partial charge in [0.05, 0.1) is 24.9 Å². The molecule has 0 amide bonds. The highest BCUT2D eigenvalue weighted by atomic mass is 32.1. The summed E-state index contributed by atoms with van der Waals surface area (Å²) >= 11 is 1.18. The summed E-state index contributed by atoms with van der Waals surface area (Å²) in [7, 11) is 1.54. The van der Waals surface area contributed by atoms with Gasteiger partial charge in [0.2, 0.25) is 0 Å². The van der Waals surface area contributed by atoms with Gasteiger partial charge in [-0.1, -0.05) is 29.8 Å². The summed E-state index contributed by atoms with van der Waals surface area (Å²) in [5, 5.41) is 0.475. The van der Waals surface area contributed by atoms with Gasteiger partial charge >= 0.3 is 5.97 Å². The maximum Gasteiger partial charge on any atom is 0.348 e. The Bertz CT molecular complexity index is 989. The zero-order valence-corrected chi connectivity index (χ0v) is 15.8. The normalized spacial score (nSPS) is 11.0. The smallest absolute Gasteiger partial charge is 0.348 e. The standard InChI is InChI=1S/C19H20N2O4S/c1-12-4-6-14(7-5-12)10-21-11-20-17-15(18(21)22)13(2)16(26-17)19(23)25-9-8-24-3/h4-7,11H,8-10H2,1-3H3. The lowest BCUT2D eigenvalue weighted by Gasteiger charge is -2.06. The summed E-state index contributed by atoms with van der Waals surface area (Å²) in [4.78, 5) is 30.4. The van der Waals surface area contributed by atoms with Crippen LogP contribution in [-0.2, 0) is 16.0 Å². The number of methoxy groups -OCH3 is 1. The fourth-order valence-corrected chi connectivity index (χ4v) is 3.67. The van der Waals surface area contributed by atoms with E-state index >= 15 is 0 Å². The first-order valence-corrected chi connectivity index (χ1v) is 9.03. The van der Waals surface area contributed by atoms with Gasteiger partial charge in [-0.3, -0.25) is 9.36 Å². The molecule has 0 bridgehead atoms. The third kappa shape index (κ3) is 3.68. The zero-order valence-electron chi connectivity index (χ0n) is 14.9. The number of benzene rings is 1. The maximum absolute atomic E-state index is 12.9. The molecule has 1 aromatic carbocycles. The molecule has 0 N–H and O–H groups in total. The van der Waals surface area contributed by atoms with Crippen molar-refractivity contribution in [3.63, 3.8) is 0 Å². The van der Waals surface area contributed by atoms with Crippen LogP contribution in [0.2, 0.25) is 0 Å². The molecule has 3 aromatic rings. The second kappa shape index (κ2) is 7.80. The van der Waals surface area contributed by atoms with E-state index in [1.165, 1.54) is 23.2 Å². The van der Waals surface area contributed by atoms with E-state index in [0.29, 0.717) is 33.8 Å². The number of hydrogen-bond acceptors (Lipinski definition) is 6. The van der Waals surface area contributed by atoms with Gasteiger partial charge in [-0.2, -0.15) is 0 Å². The first-order chi connectivity index (χ1) is 12.5. The van der Waals surface area contributed by atoms with Crippen molar-refractivity contribution in [2.75, 3.05) is 20.3 Å². The maximum atomic E-state index is 12.9. The number of rotatable bonds is 6. The number of aryl methyl sites for hydroxylation is 2. The first kappa shape index (κ1) is 18.3. The number of esters is 1. The molecule has 0 aliphatic carbocycles. The molecule has 26 heavy (non-hydrogen) atoms. The van der Waals surface area contributed by atoms with Crippen LogP contribution in [0.25, 0.3) is 10.2 Å². The molecule has 0 radical (unpaired) electrons. The summed E-state index contributed by atoms with van der Waals surface area (Å²) in [6, 6.07) is 8.00. The predicted molar refractivity (Wildman–Crippen MR) is 101 cm³/mol. The average molecular weight is 372 g/mol. The Balaban J connectivity index is 1.93.